The van der Waals surface area contributed by atoms with E-state index in [0.717, 1.165) is 52.0 Å². The van der Waals surface area contributed by atoms with Crippen molar-refractivity contribution < 1.29 is 9.90 Å². The topological polar surface area (TPSA) is 43.8 Å². The van der Waals surface area contributed by atoms with Gasteiger partial charge in [-0.15, -0.1) is 0 Å². The molecule has 0 aromatic carbocycles. The first-order valence-electron chi connectivity index (χ1n) is 6.91. The minimum Gasteiger partial charge on any atom is -0.395 e. The Balaban J connectivity index is 1.84. The van der Waals surface area contributed by atoms with Crippen LogP contribution < -0.4 is 0 Å². The highest BCUT2D eigenvalue weighted by Crippen LogP contribution is 2.20. The Morgan fingerprint density at radius 1 is 1.12 bits per heavy atom. The molecule has 4 heteroatoms. The fourth-order valence-corrected chi connectivity index (χ4v) is 2.97. The summed E-state index contributed by atoms with van der Waals surface area (Å²) in [5, 5.41) is 8.90. The van der Waals surface area contributed by atoms with Crippen LogP contribution >= 0.6 is 0 Å². The summed E-state index contributed by atoms with van der Waals surface area (Å²) in [7, 11) is 0. The first-order valence-corrected chi connectivity index (χ1v) is 6.91. The highest BCUT2D eigenvalue weighted by Gasteiger charge is 2.29. The second-order valence-electron chi connectivity index (χ2n) is 5.18. The summed E-state index contributed by atoms with van der Waals surface area (Å²) >= 11 is 0. The summed E-state index contributed by atoms with van der Waals surface area (Å²) in [5.41, 5.74) is 0. The number of Topliss-reactive ketones (excluding diaryl/α,β-unsaturated/α-hetero) is 1. The number of hydrogen-bond acceptors (Lipinski definition) is 4. The first kappa shape index (κ1) is 13.0. The highest BCUT2D eigenvalue weighted by molar-refractivity contribution is 5.84. The van der Waals surface area contributed by atoms with Gasteiger partial charge in [-0.25, -0.2) is 0 Å². The smallest absolute Gasteiger partial charge is 0.149 e. The molecule has 2 fully saturated rings. The monoisotopic (exact) mass is 240 g/mol. The number of β-amino-alcohol motifs (C(OH)–C–C–N with tert-alkyl or cyclic N) is 1. The Kier molecular flexibility index (Phi) is 4.95. The van der Waals surface area contributed by atoms with Gasteiger partial charge in [0.05, 0.1) is 12.6 Å². The van der Waals surface area contributed by atoms with Crippen molar-refractivity contribution >= 4 is 5.78 Å². The molecule has 0 bridgehead atoms. The zero-order valence-corrected chi connectivity index (χ0v) is 10.6. The molecule has 0 aromatic heterocycles. The number of rotatable bonds is 3. The van der Waals surface area contributed by atoms with Crippen molar-refractivity contribution in [3.8, 4) is 0 Å². The molecule has 0 amide bonds. The maximum Gasteiger partial charge on any atom is 0.149 e. The molecule has 1 saturated heterocycles. The van der Waals surface area contributed by atoms with E-state index in [9.17, 15) is 4.79 Å². The summed E-state index contributed by atoms with van der Waals surface area (Å²) in [6, 6.07) is 0.189. The molecule has 1 atom stereocenters. The van der Waals surface area contributed by atoms with Gasteiger partial charge in [-0.05, 0) is 12.8 Å². The lowest BCUT2D eigenvalue weighted by Gasteiger charge is -2.38. The Morgan fingerprint density at radius 2 is 1.88 bits per heavy atom. The molecule has 2 rings (SSSR count). The molecule has 1 heterocycles. The van der Waals surface area contributed by atoms with Crippen LogP contribution in [-0.2, 0) is 4.79 Å². The summed E-state index contributed by atoms with van der Waals surface area (Å²) < 4.78 is 0. The second kappa shape index (κ2) is 6.47. The number of carbonyl (C=O) groups excluding carboxylic acids is 1. The van der Waals surface area contributed by atoms with Gasteiger partial charge >= 0.3 is 0 Å². The zero-order chi connectivity index (χ0) is 12.1. The molecule has 1 aliphatic heterocycles. The predicted molar refractivity (Wildman–Crippen MR) is 67.0 cm³/mol. The van der Waals surface area contributed by atoms with Crippen LogP contribution in [0.15, 0.2) is 0 Å². The molecular formula is C13H24N2O2. The average Bonchev–Trinajstić information content (AvgIpc) is 2.56. The van der Waals surface area contributed by atoms with Crippen molar-refractivity contribution in [1.29, 1.82) is 0 Å². The van der Waals surface area contributed by atoms with Gasteiger partial charge in [0.2, 0.25) is 0 Å². The maximum atomic E-state index is 12.0. The van der Waals surface area contributed by atoms with Gasteiger partial charge in [-0.3, -0.25) is 14.6 Å². The molecule has 0 radical (unpaired) electrons. The molecule has 98 valence electrons. The van der Waals surface area contributed by atoms with Crippen LogP contribution in [0.3, 0.4) is 0 Å². The highest BCUT2D eigenvalue weighted by atomic mass is 16.3. The molecule has 0 spiro atoms. The van der Waals surface area contributed by atoms with Crippen LogP contribution in [0.25, 0.3) is 0 Å². The lowest BCUT2D eigenvalue weighted by molar-refractivity contribution is -0.125. The van der Waals surface area contributed by atoms with Gasteiger partial charge in [-0.2, -0.15) is 0 Å². The lowest BCUT2D eigenvalue weighted by atomic mass is 10.0. The Labute approximate surface area is 104 Å². The number of aliphatic hydroxyl groups is 1. The molecule has 1 saturated carbocycles. The SMILES string of the molecule is O=C1CCCCCC1N1CCN(CCO)CC1. The normalized spacial score (nSPS) is 29.2. The zero-order valence-electron chi connectivity index (χ0n) is 10.6. The third-order valence-corrected chi connectivity index (χ3v) is 4.04. The number of carbonyl (C=O) groups is 1. The Bertz CT molecular complexity index is 250. The van der Waals surface area contributed by atoms with Crippen LogP contribution in [0.2, 0.25) is 0 Å². The molecular weight excluding hydrogens is 216 g/mol. The number of ketones is 1. The van der Waals surface area contributed by atoms with Crippen molar-refractivity contribution in [2.75, 3.05) is 39.3 Å². The molecule has 17 heavy (non-hydrogen) atoms. The summed E-state index contributed by atoms with van der Waals surface area (Å²) in [6.07, 6.45) is 5.33. The van der Waals surface area contributed by atoms with Crippen LogP contribution in [0, 0.1) is 0 Å². The van der Waals surface area contributed by atoms with Crippen LogP contribution in [-0.4, -0.2) is 66.1 Å². The van der Waals surface area contributed by atoms with Gasteiger partial charge in [0, 0.05) is 39.1 Å². The molecule has 0 aromatic rings. The van der Waals surface area contributed by atoms with E-state index >= 15 is 0 Å². The third-order valence-electron chi connectivity index (χ3n) is 4.04. The van der Waals surface area contributed by atoms with E-state index in [4.69, 9.17) is 5.11 Å². The van der Waals surface area contributed by atoms with E-state index in [1.54, 1.807) is 0 Å². The third kappa shape index (κ3) is 3.50. The molecule has 4 nitrogen and oxygen atoms in total. The standard InChI is InChI=1S/C13H24N2O2/c16-11-10-14-6-8-15(9-7-14)12-4-2-1-3-5-13(12)17/h12,16H,1-11H2. The largest absolute Gasteiger partial charge is 0.395 e. The van der Waals surface area contributed by atoms with Crippen molar-refractivity contribution in [2.24, 2.45) is 0 Å². The Morgan fingerprint density at radius 3 is 2.59 bits per heavy atom. The van der Waals surface area contributed by atoms with Gasteiger partial charge in [0.25, 0.3) is 0 Å². The second-order valence-corrected chi connectivity index (χ2v) is 5.18. The molecule has 1 aliphatic carbocycles. The van der Waals surface area contributed by atoms with E-state index < -0.39 is 0 Å². The van der Waals surface area contributed by atoms with E-state index in [-0.39, 0.29) is 12.6 Å². The maximum absolute atomic E-state index is 12.0. The minimum atomic E-state index is 0.189. The van der Waals surface area contributed by atoms with Gasteiger partial charge < -0.3 is 5.11 Å². The van der Waals surface area contributed by atoms with E-state index in [1.165, 1.54) is 12.8 Å². The number of piperazine rings is 1. The quantitative estimate of drug-likeness (QED) is 0.730. The van der Waals surface area contributed by atoms with Crippen molar-refractivity contribution in [3.63, 3.8) is 0 Å². The number of aliphatic hydroxyl groups excluding tert-OH is 1. The lowest BCUT2D eigenvalue weighted by Crippen LogP contribution is -2.52. The molecule has 1 unspecified atom stereocenters. The van der Waals surface area contributed by atoms with Crippen LogP contribution in [0.1, 0.15) is 32.1 Å². The Hall–Kier alpha value is -0.450. The van der Waals surface area contributed by atoms with Crippen LogP contribution in [0.4, 0.5) is 0 Å². The van der Waals surface area contributed by atoms with E-state index in [1.807, 2.05) is 0 Å². The number of hydrogen-bond donors (Lipinski definition) is 1. The van der Waals surface area contributed by atoms with Gasteiger partial charge in [-0.1, -0.05) is 12.8 Å². The van der Waals surface area contributed by atoms with E-state index in [0.29, 0.717) is 5.78 Å². The van der Waals surface area contributed by atoms with Gasteiger partial charge in [0.1, 0.15) is 5.78 Å². The van der Waals surface area contributed by atoms with Crippen molar-refractivity contribution in [1.82, 2.24) is 9.80 Å². The van der Waals surface area contributed by atoms with Crippen molar-refractivity contribution in [3.05, 3.63) is 0 Å². The molecule has 1 N–H and O–H groups in total. The first-order chi connectivity index (χ1) is 8.31. The minimum absolute atomic E-state index is 0.189. The average molecular weight is 240 g/mol. The molecule has 2 aliphatic rings. The summed E-state index contributed by atoms with van der Waals surface area (Å²) in [6.45, 7) is 4.95. The number of nitrogens with zero attached hydrogens (tertiary/aromatic N) is 2. The summed E-state index contributed by atoms with van der Waals surface area (Å²) in [5.74, 6) is 0.457. The van der Waals surface area contributed by atoms with Gasteiger partial charge in [0.15, 0.2) is 0 Å². The summed E-state index contributed by atoms with van der Waals surface area (Å²) in [4.78, 5) is 16.7. The van der Waals surface area contributed by atoms with Crippen molar-refractivity contribution in [2.45, 2.75) is 38.1 Å². The predicted octanol–water partition coefficient (Wildman–Crippen LogP) is 0.498. The fourth-order valence-electron chi connectivity index (χ4n) is 2.97. The van der Waals surface area contributed by atoms with E-state index in [2.05, 4.69) is 9.80 Å². The fraction of sp³-hybridized carbons (Fsp3) is 0.923. The van der Waals surface area contributed by atoms with Crippen LogP contribution in [0.5, 0.6) is 0 Å².